The molecule has 4 aromatic rings. The van der Waals surface area contributed by atoms with Crippen LogP contribution in [-0.2, 0) is 6.54 Å². The summed E-state index contributed by atoms with van der Waals surface area (Å²) in [4.78, 5) is 13.4. The van der Waals surface area contributed by atoms with Crippen LogP contribution in [0.4, 0.5) is 11.5 Å². The maximum Gasteiger partial charge on any atom is 0.164 e. The largest absolute Gasteiger partial charge is 0.384 e. The van der Waals surface area contributed by atoms with E-state index in [9.17, 15) is 0 Å². The fraction of sp³-hybridized carbons (Fsp3) is 0.190. The lowest BCUT2D eigenvalue weighted by Crippen LogP contribution is -2.04. The van der Waals surface area contributed by atoms with Gasteiger partial charge in [0.2, 0.25) is 0 Å². The fourth-order valence-corrected chi connectivity index (χ4v) is 3.06. The molecule has 0 spiro atoms. The van der Waals surface area contributed by atoms with Crippen molar-refractivity contribution in [2.45, 2.75) is 26.4 Å². The van der Waals surface area contributed by atoms with E-state index in [1.54, 1.807) is 6.20 Å². The average molecular weight is 358 g/mol. The molecular weight excluding hydrogens is 336 g/mol. The minimum atomic E-state index is 0.274. The third kappa shape index (κ3) is 3.46. The number of hydrogen-bond acceptors (Lipinski definition) is 5. The number of aromatic nitrogens is 4. The number of pyridine rings is 2. The lowest BCUT2D eigenvalue weighted by molar-refractivity contribution is 0.613. The quantitative estimate of drug-likeness (QED) is 0.557. The Kier molecular flexibility index (Phi) is 4.46. The van der Waals surface area contributed by atoms with Gasteiger partial charge in [0.1, 0.15) is 11.3 Å². The average Bonchev–Trinajstić information content (AvgIpc) is 3.11. The Hall–Kier alpha value is -3.41. The van der Waals surface area contributed by atoms with Crippen molar-refractivity contribution < 1.29 is 0 Å². The smallest absolute Gasteiger partial charge is 0.164 e. The second kappa shape index (κ2) is 7.07. The summed E-state index contributed by atoms with van der Waals surface area (Å²) < 4.78 is 2.03. The molecule has 6 heteroatoms. The first kappa shape index (κ1) is 17.0. The third-order valence-corrected chi connectivity index (χ3v) is 4.50. The molecule has 3 aromatic heterocycles. The van der Waals surface area contributed by atoms with Crippen LogP contribution in [0.1, 0.15) is 25.5 Å². The Bertz CT molecular complexity index is 1050. The van der Waals surface area contributed by atoms with Crippen molar-refractivity contribution in [2.75, 3.05) is 11.1 Å². The number of anilines is 2. The van der Waals surface area contributed by atoms with E-state index in [1.165, 1.54) is 5.56 Å². The topological polar surface area (TPSA) is 81.7 Å². The second-order valence-electron chi connectivity index (χ2n) is 6.78. The molecule has 0 saturated carbocycles. The summed E-state index contributed by atoms with van der Waals surface area (Å²) in [7, 11) is 0. The van der Waals surface area contributed by atoms with Gasteiger partial charge >= 0.3 is 0 Å². The van der Waals surface area contributed by atoms with Crippen LogP contribution in [0, 0.1) is 0 Å². The standard InChI is InChI=1S/C21H22N6/c1-14(2)27-13-25-20-18(11-19(22)26-21(20)27)24-12-15-6-8-16(9-7-15)17-5-3-4-10-23-17/h3-11,13-14H,12H2,1-2H3,(H3,22,24,26). The van der Waals surface area contributed by atoms with Gasteiger partial charge in [0.05, 0.1) is 17.7 Å². The van der Waals surface area contributed by atoms with Crippen LogP contribution >= 0.6 is 0 Å². The minimum absolute atomic E-state index is 0.274. The molecule has 0 unspecified atom stereocenters. The van der Waals surface area contributed by atoms with E-state index < -0.39 is 0 Å². The number of rotatable bonds is 5. The molecule has 0 aliphatic carbocycles. The number of nitrogens with one attached hydrogen (secondary N) is 1. The Labute approximate surface area is 158 Å². The van der Waals surface area contributed by atoms with Crippen molar-refractivity contribution >= 4 is 22.7 Å². The first-order valence-corrected chi connectivity index (χ1v) is 8.99. The highest BCUT2D eigenvalue weighted by Gasteiger charge is 2.12. The molecule has 136 valence electrons. The van der Waals surface area contributed by atoms with Gasteiger partial charge in [-0.15, -0.1) is 0 Å². The number of nitrogens with two attached hydrogens (primary N) is 1. The number of nitrogen functional groups attached to an aromatic ring is 1. The van der Waals surface area contributed by atoms with Gasteiger partial charge in [-0.3, -0.25) is 4.98 Å². The lowest BCUT2D eigenvalue weighted by Gasteiger charge is -2.11. The molecule has 27 heavy (non-hydrogen) atoms. The zero-order chi connectivity index (χ0) is 18.8. The van der Waals surface area contributed by atoms with Crippen LogP contribution in [0.25, 0.3) is 22.4 Å². The number of fused-ring (bicyclic) bond motifs is 1. The van der Waals surface area contributed by atoms with Crippen molar-refractivity contribution in [1.29, 1.82) is 0 Å². The molecule has 0 atom stereocenters. The molecule has 0 aliphatic rings. The maximum atomic E-state index is 6.01. The van der Waals surface area contributed by atoms with Gasteiger partial charge in [0, 0.05) is 30.4 Å². The normalized spacial score (nSPS) is 11.2. The SMILES string of the molecule is CC(C)n1cnc2c(NCc3ccc(-c4ccccn4)cc3)cc(N)nc21. The summed E-state index contributed by atoms with van der Waals surface area (Å²) in [6, 6.07) is 16.4. The summed E-state index contributed by atoms with van der Waals surface area (Å²) in [6.07, 6.45) is 3.62. The van der Waals surface area contributed by atoms with Gasteiger partial charge in [-0.2, -0.15) is 0 Å². The van der Waals surface area contributed by atoms with Crippen molar-refractivity contribution in [3.63, 3.8) is 0 Å². The molecule has 6 nitrogen and oxygen atoms in total. The minimum Gasteiger partial charge on any atom is -0.384 e. The van der Waals surface area contributed by atoms with E-state index in [0.717, 1.165) is 28.1 Å². The van der Waals surface area contributed by atoms with E-state index in [1.807, 2.05) is 35.2 Å². The predicted octanol–water partition coefficient (Wildman–Crippen LogP) is 4.27. The molecule has 4 rings (SSSR count). The van der Waals surface area contributed by atoms with E-state index in [-0.39, 0.29) is 6.04 Å². The summed E-state index contributed by atoms with van der Waals surface area (Å²) in [6.45, 7) is 4.88. The molecule has 1 aromatic carbocycles. The molecule has 0 amide bonds. The van der Waals surface area contributed by atoms with Crippen LogP contribution in [0.5, 0.6) is 0 Å². The first-order valence-electron chi connectivity index (χ1n) is 8.99. The Balaban J connectivity index is 1.55. The molecule has 0 fully saturated rings. The van der Waals surface area contributed by atoms with Gasteiger partial charge in [-0.1, -0.05) is 30.3 Å². The Morgan fingerprint density at radius 3 is 2.59 bits per heavy atom. The highest BCUT2D eigenvalue weighted by molar-refractivity contribution is 5.87. The highest BCUT2D eigenvalue weighted by Crippen LogP contribution is 2.26. The number of benzene rings is 1. The fourth-order valence-electron chi connectivity index (χ4n) is 3.06. The van der Waals surface area contributed by atoms with Gasteiger partial charge in [0.15, 0.2) is 5.65 Å². The van der Waals surface area contributed by atoms with Crippen molar-refractivity contribution in [3.05, 3.63) is 66.6 Å². The molecule has 0 aliphatic heterocycles. The van der Waals surface area contributed by atoms with Gasteiger partial charge < -0.3 is 15.6 Å². The van der Waals surface area contributed by atoms with Crippen molar-refractivity contribution in [1.82, 2.24) is 19.5 Å². The van der Waals surface area contributed by atoms with Gasteiger partial charge in [-0.25, -0.2) is 9.97 Å². The summed E-state index contributed by atoms with van der Waals surface area (Å²) in [5.74, 6) is 0.484. The van der Waals surface area contributed by atoms with E-state index in [0.29, 0.717) is 12.4 Å². The van der Waals surface area contributed by atoms with Crippen LogP contribution < -0.4 is 11.1 Å². The highest BCUT2D eigenvalue weighted by atomic mass is 15.1. The number of imidazole rings is 1. The molecule has 0 bridgehead atoms. The van der Waals surface area contributed by atoms with E-state index >= 15 is 0 Å². The summed E-state index contributed by atoms with van der Waals surface area (Å²) >= 11 is 0. The predicted molar refractivity (Wildman–Crippen MR) is 109 cm³/mol. The molecular formula is C21H22N6. The van der Waals surface area contributed by atoms with E-state index in [4.69, 9.17) is 5.73 Å². The van der Waals surface area contributed by atoms with Crippen LogP contribution in [0.3, 0.4) is 0 Å². The molecule has 3 heterocycles. The molecule has 3 N–H and O–H groups in total. The second-order valence-corrected chi connectivity index (χ2v) is 6.78. The van der Waals surface area contributed by atoms with Crippen molar-refractivity contribution in [3.8, 4) is 11.3 Å². The number of hydrogen-bond donors (Lipinski definition) is 2. The van der Waals surface area contributed by atoms with E-state index in [2.05, 4.69) is 58.4 Å². The maximum absolute atomic E-state index is 6.01. The summed E-state index contributed by atoms with van der Waals surface area (Å²) in [5, 5.41) is 3.44. The molecule has 0 radical (unpaired) electrons. The first-order chi connectivity index (χ1) is 13.1. The lowest BCUT2D eigenvalue weighted by atomic mass is 10.1. The number of nitrogens with zero attached hydrogens (tertiary/aromatic N) is 4. The Morgan fingerprint density at radius 2 is 1.89 bits per heavy atom. The van der Waals surface area contributed by atoms with Gasteiger partial charge in [0.25, 0.3) is 0 Å². The van der Waals surface area contributed by atoms with Crippen LogP contribution in [-0.4, -0.2) is 19.5 Å². The van der Waals surface area contributed by atoms with Crippen molar-refractivity contribution in [2.24, 2.45) is 0 Å². The van der Waals surface area contributed by atoms with Gasteiger partial charge in [-0.05, 0) is 31.5 Å². The zero-order valence-corrected chi connectivity index (χ0v) is 15.4. The molecule has 0 saturated heterocycles. The van der Waals surface area contributed by atoms with Crippen LogP contribution in [0.15, 0.2) is 61.1 Å². The third-order valence-electron chi connectivity index (χ3n) is 4.50. The zero-order valence-electron chi connectivity index (χ0n) is 15.4. The Morgan fingerprint density at radius 1 is 1.07 bits per heavy atom. The summed E-state index contributed by atoms with van der Waals surface area (Å²) in [5.41, 5.74) is 11.8. The van der Waals surface area contributed by atoms with Crippen LogP contribution in [0.2, 0.25) is 0 Å². The monoisotopic (exact) mass is 358 g/mol.